The fraction of sp³-hybridized carbons (Fsp3) is 1.00. The molecular weight excluding hydrogens is 188 g/mol. The van der Waals surface area contributed by atoms with Gasteiger partial charge in [-0.25, -0.2) is 0 Å². The number of hydrogen-bond acceptors (Lipinski definition) is 3. The van der Waals surface area contributed by atoms with Crippen LogP contribution in [-0.4, -0.2) is 49.3 Å². The van der Waals surface area contributed by atoms with Crippen molar-refractivity contribution in [2.45, 2.75) is 38.6 Å². The van der Waals surface area contributed by atoms with E-state index in [1.54, 1.807) is 0 Å². The van der Waals surface area contributed by atoms with Crippen LogP contribution < -0.4 is 5.32 Å². The molecule has 1 rings (SSSR count). The highest BCUT2D eigenvalue weighted by atomic mass is 16.3. The van der Waals surface area contributed by atoms with Crippen LogP contribution in [0.25, 0.3) is 0 Å². The standard InChI is InChI=1S/C12H26N2O/c1-3-13-12-7-5-4-6-11(12)10-14(2)8-9-15/h11-13,15H,3-10H2,1-2H3. The lowest BCUT2D eigenvalue weighted by molar-refractivity contribution is 0.163. The topological polar surface area (TPSA) is 35.5 Å². The monoisotopic (exact) mass is 214 g/mol. The Bertz CT molecular complexity index is 162. The van der Waals surface area contributed by atoms with Crippen molar-refractivity contribution < 1.29 is 5.11 Å². The molecule has 1 fully saturated rings. The van der Waals surface area contributed by atoms with Crippen LogP contribution in [0.15, 0.2) is 0 Å². The van der Waals surface area contributed by atoms with E-state index >= 15 is 0 Å². The predicted octanol–water partition coefficient (Wildman–Crippen LogP) is 1.08. The van der Waals surface area contributed by atoms with Crippen LogP contribution in [0.3, 0.4) is 0 Å². The molecule has 2 N–H and O–H groups in total. The highest BCUT2D eigenvalue weighted by Crippen LogP contribution is 2.24. The second-order valence-corrected chi connectivity index (χ2v) is 4.69. The molecular formula is C12H26N2O. The lowest BCUT2D eigenvalue weighted by atomic mass is 9.84. The van der Waals surface area contributed by atoms with Crippen LogP contribution in [0.1, 0.15) is 32.6 Å². The van der Waals surface area contributed by atoms with Crippen molar-refractivity contribution in [1.82, 2.24) is 10.2 Å². The minimum Gasteiger partial charge on any atom is -0.395 e. The second-order valence-electron chi connectivity index (χ2n) is 4.69. The highest BCUT2D eigenvalue weighted by Gasteiger charge is 2.24. The zero-order chi connectivity index (χ0) is 11.1. The Kier molecular flexibility index (Phi) is 6.22. The summed E-state index contributed by atoms with van der Waals surface area (Å²) in [6, 6.07) is 0.699. The molecule has 1 aliphatic carbocycles. The second kappa shape index (κ2) is 7.20. The van der Waals surface area contributed by atoms with Gasteiger partial charge in [0, 0.05) is 19.1 Å². The Balaban J connectivity index is 2.34. The average molecular weight is 214 g/mol. The summed E-state index contributed by atoms with van der Waals surface area (Å²) in [6.45, 7) is 5.46. The molecule has 3 nitrogen and oxygen atoms in total. The van der Waals surface area contributed by atoms with Crippen LogP contribution in [-0.2, 0) is 0 Å². The Morgan fingerprint density at radius 1 is 1.33 bits per heavy atom. The average Bonchev–Trinajstić information content (AvgIpc) is 2.21. The van der Waals surface area contributed by atoms with E-state index in [1.165, 1.54) is 25.7 Å². The Morgan fingerprint density at radius 3 is 2.73 bits per heavy atom. The molecule has 2 atom stereocenters. The minimum absolute atomic E-state index is 0.273. The SMILES string of the molecule is CCNC1CCCCC1CN(C)CCO. The Labute approximate surface area is 93.9 Å². The summed E-state index contributed by atoms with van der Waals surface area (Å²) in [5.41, 5.74) is 0. The van der Waals surface area contributed by atoms with Crippen molar-refractivity contribution >= 4 is 0 Å². The molecule has 1 saturated carbocycles. The summed E-state index contributed by atoms with van der Waals surface area (Å²) < 4.78 is 0. The molecule has 0 saturated heterocycles. The molecule has 0 radical (unpaired) electrons. The maximum Gasteiger partial charge on any atom is 0.0558 e. The van der Waals surface area contributed by atoms with E-state index in [1.807, 2.05) is 0 Å². The Morgan fingerprint density at radius 2 is 2.07 bits per heavy atom. The summed E-state index contributed by atoms with van der Waals surface area (Å²) in [5.74, 6) is 0.773. The first-order valence-electron chi connectivity index (χ1n) is 6.30. The van der Waals surface area contributed by atoms with Crippen molar-refractivity contribution in [3.05, 3.63) is 0 Å². The van der Waals surface area contributed by atoms with E-state index in [4.69, 9.17) is 5.11 Å². The zero-order valence-electron chi connectivity index (χ0n) is 10.2. The van der Waals surface area contributed by atoms with Crippen molar-refractivity contribution in [2.75, 3.05) is 33.3 Å². The van der Waals surface area contributed by atoms with Gasteiger partial charge in [0.05, 0.1) is 6.61 Å². The third-order valence-electron chi connectivity index (χ3n) is 3.40. The van der Waals surface area contributed by atoms with Crippen LogP contribution >= 0.6 is 0 Å². The number of hydrogen-bond donors (Lipinski definition) is 2. The lowest BCUT2D eigenvalue weighted by Crippen LogP contribution is -2.43. The highest BCUT2D eigenvalue weighted by molar-refractivity contribution is 4.82. The molecule has 0 aromatic carbocycles. The summed E-state index contributed by atoms with van der Waals surface area (Å²) in [7, 11) is 2.10. The molecule has 3 heteroatoms. The molecule has 0 aromatic rings. The van der Waals surface area contributed by atoms with Gasteiger partial charge in [0.15, 0.2) is 0 Å². The zero-order valence-corrected chi connectivity index (χ0v) is 10.2. The van der Waals surface area contributed by atoms with E-state index in [-0.39, 0.29) is 6.61 Å². The van der Waals surface area contributed by atoms with E-state index in [9.17, 15) is 0 Å². The third kappa shape index (κ3) is 4.49. The number of rotatable bonds is 6. The van der Waals surface area contributed by atoms with Gasteiger partial charge in [-0.2, -0.15) is 0 Å². The van der Waals surface area contributed by atoms with Gasteiger partial charge in [0.1, 0.15) is 0 Å². The normalized spacial score (nSPS) is 27.2. The fourth-order valence-electron chi connectivity index (χ4n) is 2.62. The lowest BCUT2D eigenvalue weighted by Gasteiger charge is -2.34. The van der Waals surface area contributed by atoms with Gasteiger partial charge in [-0.3, -0.25) is 0 Å². The summed E-state index contributed by atoms with van der Waals surface area (Å²) in [6.07, 6.45) is 5.41. The minimum atomic E-state index is 0.273. The summed E-state index contributed by atoms with van der Waals surface area (Å²) >= 11 is 0. The van der Waals surface area contributed by atoms with E-state index in [2.05, 4.69) is 24.2 Å². The number of aliphatic hydroxyl groups is 1. The first kappa shape index (κ1) is 12.9. The van der Waals surface area contributed by atoms with Gasteiger partial charge in [0.25, 0.3) is 0 Å². The van der Waals surface area contributed by atoms with E-state index < -0.39 is 0 Å². The molecule has 90 valence electrons. The molecule has 1 aliphatic rings. The maximum atomic E-state index is 8.88. The van der Waals surface area contributed by atoms with E-state index in [0.29, 0.717) is 6.04 Å². The van der Waals surface area contributed by atoms with Crippen LogP contribution in [0.4, 0.5) is 0 Å². The van der Waals surface area contributed by atoms with Crippen LogP contribution in [0.5, 0.6) is 0 Å². The first-order chi connectivity index (χ1) is 7.27. The van der Waals surface area contributed by atoms with Crippen molar-refractivity contribution in [3.63, 3.8) is 0 Å². The van der Waals surface area contributed by atoms with Gasteiger partial charge in [0.2, 0.25) is 0 Å². The maximum absolute atomic E-state index is 8.88. The van der Waals surface area contributed by atoms with Crippen LogP contribution in [0.2, 0.25) is 0 Å². The van der Waals surface area contributed by atoms with Gasteiger partial charge >= 0.3 is 0 Å². The van der Waals surface area contributed by atoms with Gasteiger partial charge in [-0.05, 0) is 32.4 Å². The smallest absolute Gasteiger partial charge is 0.0558 e. The molecule has 0 aromatic heterocycles. The molecule has 0 spiro atoms. The number of aliphatic hydroxyl groups excluding tert-OH is 1. The number of likely N-dealkylation sites (N-methyl/N-ethyl adjacent to an activating group) is 1. The van der Waals surface area contributed by atoms with Gasteiger partial charge in [-0.15, -0.1) is 0 Å². The van der Waals surface area contributed by atoms with E-state index in [0.717, 1.165) is 25.6 Å². The summed E-state index contributed by atoms with van der Waals surface area (Å²) in [5, 5.41) is 12.5. The third-order valence-corrected chi connectivity index (χ3v) is 3.40. The molecule has 2 unspecified atom stereocenters. The molecule has 0 heterocycles. The molecule has 0 aliphatic heterocycles. The van der Waals surface area contributed by atoms with Gasteiger partial charge in [-0.1, -0.05) is 19.8 Å². The van der Waals surface area contributed by atoms with Crippen molar-refractivity contribution in [2.24, 2.45) is 5.92 Å². The number of nitrogens with zero attached hydrogens (tertiary/aromatic N) is 1. The molecule has 15 heavy (non-hydrogen) atoms. The predicted molar refractivity (Wildman–Crippen MR) is 64.0 cm³/mol. The quantitative estimate of drug-likeness (QED) is 0.694. The largest absolute Gasteiger partial charge is 0.395 e. The number of nitrogens with one attached hydrogen (secondary N) is 1. The Hall–Kier alpha value is -0.120. The van der Waals surface area contributed by atoms with Crippen molar-refractivity contribution in [1.29, 1.82) is 0 Å². The van der Waals surface area contributed by atoms with Crippen molar-refractivity contribution in [3.8, 4) is 0 Å². The summed E-state index contributed by atoms with van der Waals surface area (Å²) in [4.78, 5) is 2.25. The fourth-order valence-corrected chi connectivity index (χ4v) is 2.62. The van der Waals surface area contributed by atoms with Gasteiger partial charge < -0.3 is 15.3 Å². The van der Waals surface area contributed by atoms with Crippen LogP contribution in [0, 0.1) is 5.92 Å². The first-order valence-corrected chi connectivity index (χ1v) is 6.30. The molecule has 0 bridgehead atoms. The molecule has 0 amide bonds.